The van der Waals surface area contributed by atoms with E-state index in [4.69, 9.17) is 14.2 Å². The Morgan fingerprint density at radius 2 is 1.61 bits per heavy atom. The monoisotopic (exact) mass is 494 g/mol. The van der Waals surface area contributed by atoms with E-state index in [0.29, 0.717) is 24.7 Å². The van der Waals surface area contributed by atoms with Gasteiger partial charge >= 0.3 is 0 Å². The number of piperazine rings is 1. The molecule has 1 saturated heterocycles. The molecule has 1 aliphatic carbocycles. The lowest BCUT2D eigenvalue weighted by Crippen LogP contribution is -2.57. The molecule has 0 aromatic heterocycles. The van der Waals surface area contributed by atoms with Gasteiger partial charge in [-0.25, -0.2) is 0 Å². The molecule has 2 amide bonds. The molecule has 0 bridgehead atoms. The quantitative estimate of drug-likeness (QED) is 0.452. The minimum absolute atomic E-state index is 0.0145. The van der Waals surface area contributed by atoms with E-state index in [1.165, 1.54) is 12.8 Å². The van der Waals surface area contributed by atoms with E-state index in [-0.39, 0.29) is 24.4 Å². The van der Waals surface area contributed by atoms with Crippen molar-refractivity contribution < 1.29 is 23.8 Å². The number of benzene rings is 2. The van der Waals surface area contributed by atoms with Crippen molar-refractivity contribution in [2.24, 2.45) is 0 Å². The van der Waals surface area contributed by atoms with Crippen molar-refractivity contribution in [1.82, 2.24) is 9.80 Å². The van der Waals surface area contributed by atoms with Crippen molar-refractivity contribution in [1.29, 1.82) is 0 Å². The molecule has 2 aromatic carbocycles. The van der Waals surface area contributed by atoms with Gasteiger partial charge in [-0.3, -0.25) is 9.59 Å². The number of nitrogens with zero attached hydrogens (tertiary/aromatic N) is 2. The standard InChI is InChI=1S/C29H38N2O5/c1-4-17-36-25-16-13-22(18-26(25)35-3)28-29(33)30(23-9-7-5-6-8-10-23)20-27(32)31(28)19-21-11-14-24(34-2)15-12-21/h11-16,18,23,28H,4-10,17,19-20H2,1-3H3/t28-/m0/s1. The Labute approximate surface area is 214 Å². The summed E-state index contributed by atoms with van der Waals surface area (Å²) in [4.78, 5) is 31.2. The Morgan fingerprint density at radius 3 is 2.25 bits per heavy atom. The molecule has 0 unspecified atom stereocenters. The van der Waals surface area contributed by atoms with E-state index in [1.54, 1.807) is 19.1 Å². The fourth-order valence-corrected chi connectivity index (χ4v) is 5.24. The SMILES string of the molecule is CCCOc1ccc([C@H]2C(=O)N(C3CCCCCC3)CC(=O)N2Cc2ccc(OC)cc2)cc1OC. The number of hydrogen-bond donors (Lipinski definition) is 0. The largest absolute Gasteiger partial charge is 0.497 e. The third-order valence-corrected chi connectivity index (χ3v) is 7.20. The molecule has 2 aromatic rings. The van der Waals surface area contributed by atoms with Crippen LogP contribution in [-0.4, -0.2) is 55.0 Å². The van der Waals surface area contributed by atoms with Gasteiger partial charge in [0, 0.05) is 12.6 Å². The number of carbonyl (C=O) groups excluding carboxylic acids is 2. The summed E-state index contributed by atoms with van der Waals surface area (Å²) in [5.41, 5.74) is 1.68. The maximum Gasteiger partial charge on any atom is 0.250 e. The summed E-state index contributed by atoms with van der Waals surface area (Å²) in [6.45, 7) is 3.10. The first-order valence-corrected chi connectivity index (χ1v) is 13.1. The van der Waals surface area contributed by atoms with Crippen molar-refractivity contribution in [3.8, 4) is 17.2 Å². The molecule has 7 heteroatoms. The number of rotatable bonds is 9. The highest BCUT2D eigenvalue weighted by Gasteiger charge is 2.43. The van der Waals surface area contributed by atoms with Crippen LogP contribution in [0.5, 0.6) is 17.2 Å². The highest BCUT2D eigenvalue weighted by Crippen LogP contribution is 2.37. The Morgan fingerprint density at radius 1 is 0.889 bits per heavy atom. The molecule has 7 nitrogen and oxygen atoms in total. The fraction of sp³-hybridized carbons (Fsp3) is 0.517. The number of hydrogen-bond acceptors (Lipinski definition) is 5. The molecule has 1 atom stereocenters. The fourth-order valence-electron chi connectivity index (χ4n) is 5.24. The van der Waals surface area contributed by atoms with Crippen LogP contribution < -0.4 is 14.2 Å². The van der Waals surface area contributed by atoms with E-state index in [2.05, 4.69) is 0 Å². The second kappa shape index (κ2) is 12.2. The second-order valence-corrected chi connectivity index (χ2v) is 9.64. The van der Waals surface area contributed by atoms with Crippen LogP contribution in [-0.2, 0) is 16.1 Å². The molecule has 0 N–H and O–H groups in total. The normalized spacial score (nSPS) is 19.2. The van der Waals surface area contributed by atoms with Gasteiger partial charge in [-0.2, -0.15) is 0 Å². The van der Waals surface area contributed by atoms with Crippen molar-refractivity contribution in [2.45, 2.75) is 70.5 Å². The Bertz CT molecular complexity index is 1030. The Balaban J connectivity index is 1.69. The molecule has 36 heavy (non-hydrogen) atoms. The molecule has 194 valence electrons. The molecule has 0 spiro atoms. The van der Waals surface area contributed by atoms with Gasteiger partial charge in [-0.1, -0.05) is 50.8 Å². The predicted molar refractivity (Wildman–Crippen MR) is 138 cm³/mol. The van der Waals surface area contributed by atoms with E-state index < -0.39 is 6.04 Å². The first kappa shape index (κ1) is 25.9. The molecule has 1 saturated carbocycles. The van der Waals surface area contributed by atoms with Gasteiger partial charge < -0.3 is 24.0 Å². The minimum atomic E-state index is -0.717. The van der Waals surface area contributed by atoms with Crippen LogP contribution in [0, 0.1) is 0 Å². The van der Waals surface area contributed by atoms with E-state index in [9.17, 15) is 9.59 Å². The lowest BCUT2D eigenvalue weighted by atomic mass is 9.96. The Kier molecular flexibility index (Phi) is 8.73. The van der Waals surface area contributed by atoms with Gasteiger partial charge in [-0.15, -0.1) is 0 Å². The van der Waals surface area contributed by atoms with E-state index in [0.717, 1.165) is 49.0 Å². The maximum absolute atomic E-state index is 14.1. The first-order valence-electron chi connectivity index (χ1n) is 13.1. The van der Waals surface area contributed by atoms with Gasteiger partial charge in [0.05, 0.1) is 20.8 Å². The smallest absolute Gasteiger partial charge is 0.250 e. The zero-order valence-corrected chi connectivity index (χ0v) is 21.7. The molecule has 1 aliphatic heterocycles. The van der Waals surface area contributed by atoms with Gasteiger partial charge in [0.2, 0.25) is 5.91 Å². The average molecular weight is 495 g/mol. The summed E-state index contributed by atoms with van der Waals surface area (Å²) in [6, 6.07) is 12.6. The minimum Gasteiger partial charge on any atom is -0.497 e. The summed E-state index contributed by atoms with van der Waals surface area (Å²) >= 11 is 0. The van der Waals surface area contributed by atoms with Crippen LogP contribution in [0.3, 0.4) is 0 Å². The average Bonchev–Trinajstić information content (AvgIpc) is 3.19. The van der Waals surface area contributed by atoms with Crippen LogP contribution in [0.2, 0.25) is 0 Å². The predicted octanol–water partition coefficient (Wildman–Crippen LogP) is 5.13. The highest BCUT2D eigenvalue weighted by molar-refractivity contribution is 5.96. The molecule has 2 aliphatic rings. The zero-order chi connectivity index (χ0) is 25.5. The number of amides is 2. The van der Waals surface area contributed by atoms with Crippen LogP contribution in [0.1, 0.15) is 69.0 Å². The highest BCUT2D eigenvalue weighted by atomic mass is 16.5. The van der Waals surface area contributed by atoms with Crippen LogP contribution in [0.25, 0.3) is 0 Å². The van der Waals surface area contributed by atoms with Crippen molar-refractivity contribution in [2.75, 3.05) is 27.4 Å². The summed E-state index contributed by atoms with van der Waals surface area (Å²) in [6.07, 6.45) is 7.37. The van der Waals surface area contributed by atoms with Crippen LogP contribution in [0.4, 0.5) is 0 Å². The van der Waals surface area contributed by atoms with E-state index in [1.807, 2.05) is 54.3 Å². The van der Waals surface area contributed by atoms with Gasteiger partial charge in [0.15, 0.2) is 11.5 Å². The lowest BCUT2D eigenvalue weighted by molar-refractivity contribution is -0.159. The molecule has 1 heterocycles. The van der Waals surface area contributed by atoms with Crippen molar-refractivity contribution in [3.05, 3.63) is 53.6 Å². The summed E-state index contributed by atoms with van der Waals surface area (Å²) in [5.74, 6) is 1.91. The zero-order valence-electron chi connectivity index (χ0n) is 21.7. The Hall–Kier alpha value is -3.22. The van der Waals surface area contributed by atoms with Crippen LogP contribution >= 0.6 is 0 Å². The molecular formula is C29H38N2O5. The molecule has 0 radical (unpaired) electrons. The summed E-state index contributed by atoms with van der Waals surface area (Å²) in [5, 5.41) is 0. The number of ether oxygens (including phenoxy) is 3. The third-order valence-electron chi connectivity index (χ3n) is 7.20. The summed E-state index contributed by atoms with van der Waals surface area (Å²) < 4.78 is 16.7. The lowest BCUT2D eigenvalue weighted by Gasteiger charge is -2.43. The van der Waals surface area contributed by atoms with E-state index >= 15 is 0 Å². The van der Waals surface area contributed by atoms with Gasteiger partial charge in [-0.05, 0) is 54.7 Å². The first-order chi connectivity index (χ1) is 17.5. The van der Waals surface area contributed by atoms with Gasteiger partial charge in [0.1, 0.15) is 18.3 Å². The van der Waals surface area contributed by atoms with Crippen molar-refractivity contribution in [3.63, 3.8) is 0 Å². The molecule has 2 fully saturated rings. The van der Waals surface area contributed by atoms with Crippen molar-refractivity contribution >= 4 is 11.8 Å². The topological polar surface area (TPSA) is 68.3 Å². The molecular weight excluding hydrogens is 456 g/mol. The van der Waals surface area contributed by atoms with Crippen LogP contribution in [0.15, 0.2) is 42.5 Å². The maximum atomic E-state index is 14.1. The number of carbonyl (C=O) groups is 2. The van der Waals surface area contributed by atoms with Gasteiger partial charge in [0.25, 0.3) is 5.91 Å². The number of methoxy groups -OCH3 is 2. The second-order valence-electron chi connectivity index (χ2n) is 9.64. The molecule has 4 rings (SSSR count). The third kappa shape index (κ3) is 5.77. The summed E-state index contributed by atoms with van der Waals surface area (Å²) in [7, 11) is 3.22.